The molecule has 0 saturated carbocycles. The summed E-state index contributed by atoms with van der Waals surface area (Å²) in [5.74, 6) is -2.78. The Morgan fingerprint density at radius 1 is 1.23 bits per heavy atom. The molecule has 0 bridgehead atoms. The molecule has 1 N–H and O–H groups in total. The van der Waals surface area contributed by atoms with Gasteiger partial charge < -0.3 is 24.4 Å². The highest BCUT2D eigenvalue weighted by Gasteiger charge is 2.72. The minimum absolute atomic E-state index is 0.238. The van der Waals surface area contributed by atoms with Gasteiger partial charge in [-0.3, -0.25) is 14.4 Å². The van der Waals surface area contributed by atoms with Crippen LogP contribution in [0.15, 0.2) is 24.3 Å². The SMILES string of the molecule is C[C@H](CO)N1C(=O)[C@@H]2[C@@H]3C(=O)OCCC/C=C\[C@@H]3O[C@@]23C=CCN(C(C)(C)C)C(=O)C13. The Balaban J connectivity index is 1.87. The van der Waals surface area contributed by atoms with E-state index in [0.717, 1.165) is 6.42 Å². The third-order valence-corrected chi connectivity index (χ3v) is 6.84. The van der Waals surface area contributed by atoms with Gasteiger partial charge in [-0.25, -0.2) is 0 Å². The number of rotatable bonds is 2. The number of aliphatic hydroxyl groups is 1. The lowest BCUT2D eigenvalue weighted by Crippen LogP contribution is -2.60. The maximum Gasteiger partial charge on any atom is 0.312 e. The van der Waals surface area contributed by atoms with E-state index in [1.54, 1.807) is 17.9 Å². The summed E-state index contributed by atoms with van der Waals surface area (Å²) in [6.45, 7) is 7.90. The van der Waals surface area contributed by atoms with E-state index in [0.29, 0.717) is 13.0 Å². The number of hydrogen-bond acceptors (Lipinski definition) is 6. The van der Waals surface area contributed by atoms with Crippen LogP contribution in [0.3, 0.4) is 0 Å². The fourth-order valence-corrected chi connectivity index (χ4v) is 5.36. The number of aliphatic hydroxyl groups excluding tert-OH is 1. The average molecular weight is 433 g/mol. The molecule has 0 aromatic rings. The number of allylic oxidation sites excluding steroid dienone is 1. The second-order valence-electron chi connectivity index (χ2n) is 9.88. The summed E-state index contributed by atoms with van der Waals surface area (Å²) >= 11 is 0. The molecular weight excluding hydrogens is 400 g/mol. The minimum atomic E-state index is -1.28. The number of ether oxygens (including phenoxy) is 2. The van der Waals surface area contributed by atoms with Gasteiger partial charge in [0.05, 0.1) is 31.3 Å². The van der Waals surface area contributed by atoms with Crippen LogP contribution in [-0.4, -0.2) is 81.8 Å². The molecule has 0 aliphatic carbocycles. The summed E-state index contributed by atoms with van der Waals surface area (Å²) < 4.78 is 11.9. The van der Waals surface area contributed by atoms with Crippen molar-refractivity contribution in [2.24, 2.45) is 11.8 Å². The van der Waals surface area contributed by atoms with Gasteiger partial charge in [-0.05, 0) is 40.5 Å². The lowest BCUT2D eigenvalue weighted by molar-refractivity contribution is -0.157. The lowest BCUT2D eigenvalue weighted by atomic mass is 9.78. The van der Waals surface area contributed by atoms with E-state index >= 15 is 0 Å². The molecule has 2 fully saturated rings. The smallest absolute Gasteiger partial charge is 0.312 e. The van der Waals surface area contributed by atoms with Crippen molar-refractivity contribution in [2.75, 3.05) is 19.8 Å². The van der Waals surface area contributed by atoms with Crippen molar-refractivity contribution in [1.82, 2.24) is 9.80 Å². The van der Waals surface area contributed by atoms with Gasteiger partial charge >= 0.3 is 5.97 Å². The summed E-state index contributed by atoms with van der Waals surface area (Å²) in [5.41, 5.74) is -1.76. The number of carbonyl (C=O) groups is 3. The van der Waals surface area contributed by atoms with Gasteiger partial charge in [0.2, 0.25) is 11.8 Å². The highest BCUT2D eigenvalue weighted by molar-refractivity contribution is 5.99. The molecule has 0 radical (unpaired) electrons. The molecule has 2 saturated heterocycles. The normalized spacial score (nSPS) is 37.8. The van der Waals surface area contributed by atoms with Crippen molar-refractivity contribution in [3.63, 3.8) is 0 Å². The van der Waals surface area contributed by atoms with E-state index in [1.165, 1.54) is 4.90 Å². The van der Waals surface area contributed by atoms with Crippen molar-refractivity contribution in [3.05, 3.63) is 24.3 Å². The second kappa shape index (κ2) is 7.74. The van der Waals surface area contributed by atoms with Gasteiger partial charge in [-0.2, -0.15) is 0 Å². The number of fused-ring (bicyclic) bond motifs is 2. The zero-order chi connectivity index (χ0) is 22.6. The first-order valence-electron chi connectivity index (χ1n) is 11.1. The Morgan fingerprint density at radius 2 is 1.97 bits per heavy atom. The maximum absolute atomic E-state index is 13.9. The van der Waals surface area contributed by atoms with E-state index in [9.17, 15) is 19.5 Å². The molecule has 1 unspecified atom stereocenters. The van der Waals surface area contributed by atoms with Crippen molar-refractivity contribution >= 4 is 17.8 Å². The minimum Gasteiger partial charge on any atom is -0.465 e. The molecule has 6 atom stereocenters. The molecule has 2 amide bonds. The first-order chi connectivity index (χ1) is 14.6. The molecule has 0 aromatic heterocycles. The van der Waals surface area contributed by atoms with Gasteiger partial charge in [-0.15, -0.1) is 0 Å². The summed E-state index contributed by atoms with van der Waals surface area (Å²) in [6.07, 6.45) is 8.25. The largest absolute Gasteiger partial charge is 0.465 e. The van der Waals surface area contributed by atoms with E-state index in [2.05, 4.69) is 0 Å². The van der Waals surface area contributed by atoms with Crippen LogP contribution in [0.5, 0.6) is 0 Å². The topological polar surface area (TPSA) is 96.4 Å². The molecule has 170 valence electrons. The van der Waals surface area contributed by atoms with E-state index in [-0.39, 0.29) is 25.0 Å². The summed E-state index contributed by atoms with van der Waals surface area (Å²) in [4.78, 5) is 43.8. The van der Waals surface area contributed by atoms with Gasteiger partial charge in [0.15, 0.2) is 0 Å². The monoisotopic (exact) mass is 432 g/mol. The number of amides is 2. The average Bonchev–Trinajstić information content (AvgIpc) is 3.11. The molecule has 8 heteroatoms. The van der Waals surface area contributed by atoms with Gasteiger partial charge in [-0.1, -0.05) is 24.3 Å². The zero-order valence-electron chi connectivity index (χ0n) is 18.6. The number of nitrogens with zero attached hydrogens (tertiary/aromatic N) is 2. The highest BCUT2D eigenvalue weighted by atomic mass is 16.6. The molecule has 4 aliphatic rings. The molecule has 4 rings (SSSR count). The fraction of sp³-hybridized carbons (Fsp3) is 0.696. The Bertz CT molecular complexity index is 830. The summed E-state index contributed by atoms with van der Waals surface area (Å²) in [7, 11) is 0. The van der Waals surface area contributed by atoms with Crippen LogP contribution in [0, 0.1) is 11.8 Å². The lowest BCUT2D eigenvalue weighted by Gasteiger charge is -2.41. The van der Waals surface area contributed by atoms with E-state index in [1.807, 2.05) is 39.0 Å². The Morgan fingerprint density at radius 3 is 2.65 bits per heavy atom. The molecule has 4 aliphatic heterocycles. The van der Waals surface area contributed by atoms with Crippen LogP contribution in [0.25, 0.3) is 0 Å². The van der Waals surface area contributed by atoms with Crippen LogP contribution in [0.4, 0.5) is 0 Å². The van der Waals surface area contributed by atoms with E-state index < -0.39 is 47.1 Å². The number of hydrogen-bond donors (Lipinski definition) is 1. The van der Waals surface area contributed by atoms with Crippen molar-refractivity contribution < 1.29 is 29.0 Å². The highest BCUT2D eigenvalue weighted by Crippen LogP contribution is 2.53. The van der Waals surface area contributed by atoms with Gasteiger partial charge in [0.1, 0.15) is 17.6 Å². The van der Waals surface area contributed by atoms with Crippen LogP contribution in [0.2, 0.25) is 0 Å². The van der Waals surface area contributed by atoms with Crippen molar-refractivity contribution in [1.29, 1.82) is 0 Å². The second-order valence-corrected chi connectivity index (χ2v) is 9.88. The number of cyclic esters (lactones) is 1. The van der Waals surface area contributed by atoms with Gasteiger partial charge in [0, 0.05) is 12.1 Å². The molecule has 1 spiro atoms. The van der Waals surface area contributed by atoms with E-state index in [4.69, 9.17) is 9.47 Å². The van der Waals surface area contributed by atoms with Crippen LogP contribution < -0.4 is 0 Å². The number of likely N-dealkylation sites (tertiary alicyclic amines) is 1. The summed E-state index contributed by atoms with van der Waals surface area (Å²) in [5, 5.41) is 9.87. The van der Waals surface area contributed by atoms with Crippen molar-refractivity contribution in [3.8, 4) is 0 Å². The Hall–Kier alpha value is -2.19. The third kappa shape index (κ3) is 3.31. The van der Waals surface area contributed by atoms with Gasteiger partial charge in [0.25, 0.3) is 0 Å². The molecule has 31 heavy (non-hydrogen) atoms. The van der Waals surface area contributed by atoms with Crippen LogP contribution >= 0.6 is 0 Å². The summed E-state index contributed by atoms with van der Waals surface area (Å²) in [6, 6.07) is -1.55. The molecular formula is C23H32N2O6. The predicted molar refractivity (Wildman–Crippen MR) is 112 cm³/mol. The number of esters is 1. The van der Waals surface area contributed by atoms with Crippen molar-refractivity contribution in [2.45, 2.75) is 69.9 Å². The number of carbonyl (C=O) groups excluding carboxylic acids is 3. The Labute approximate surface area is 182 Å². The molecule has 4 heterocycles. The first-order valence-corrected chi connectivity index (χ1v) is 11.1. The first kappa shape index (κ1) is 22.0. The molecule has 8 nitrogen and oxygen atoms in total. The zero-order valence-corrected chi connectivity index (χ0v) is 18.6. The maximum atomic E-state index is 13.9. The molecule has 0 aromatic carbocycles. The standard InChI is InChI=1S/C23H32N2O6/c1-14(13-26)25-18-20(28)24(22(2,3)4)11-8-10-23(18)17(19(25)27)16-15(31-23)9-6-5-7-12-30-21(16)29/h6,8-10,14-18,26H,5,7,11-13H2,1-4H3/b9-6-/t14-,15+,16-,17+,18?,23+/m1/s1. The Kier molecular flexibility index (Phi) is 5.50. The third-order valence-electron chi connectivity index (χ3n) is 6.84. The fourth-order valence-electron chi connectivity index (χ4n) is 5.36. The van der Waals surface area contributed by atoms with Crippen LogP contribution in [-0.2, 0) is 23.9 Å². The van der Waals surface area contributed by atoms with Crippen LogP contribution in [0.1, 0.15) is 40.5 Å². The predicted octanol–water partition coefficient (Wildman–Crippen LogP) is 1.04. The quantitative estimate of drug-likeness (QED) is 0.517.